The lowest BCUT2D eigenvalue weighted by molar-refractivity contribution is 0.0720. The third kappa shape index (κ3) is 3.10. The number of aryl methyl sites for hydroxylation is 1. The van der Waals surface area contributed by atoms with Crippen LogP contribution >= 0.6 is 0 Å². The van der Waals surface area contributed by atoms with Gasteiger partial charge in [-0.15, -0.1) is 5.10 Å². The normalized spacial score (nSPS) is 12.3. The summed E-state index contributed by atoms with van der Waals surface area (Å²) in [6, 6.07) is 19.1. The van der Waals surface area contributed by atoms with Gasteiger partial charge in [-0.3, -0.25) is 4.79 Å². The van der Waals surface area contributed by atoms with Crippen molar-refractivity contribution in [2.24, 2.45) is 0 Å². The zero-order valence-electron chi connectivity index (χ0n) is 15.5. The highest BCUT2D eigenvalue weighted by Crippen LogP contribution is 2.27. The van der Waals surface area contributed by atoms with Gasteiger partial charge in [0.15, 0.2) is 5.69 Å². The molecule has 0 radical (unpaired) electrons. The Morgan fingerprint density at radius 3 is 2.52 bits per heavy atom. The van der Waals surface area contributed by atoms with Crippen LogP contribution in [0.1, 0.15) is 34.9 Å². The van der Waals surface area contributed by atoms with Crippen molar-refractivity contribution < 1.29 is 9.21 Å². The maximum Gasteiger partial charge on any atom is 0.276 e. The van der Waals surface area contributed by atoms with Gasteiger partial charge in [-0.25, -0.2) is 0 Å². The number of furan rings is 1. The minimum atomic E-state index is -0.230. The Morgan fingerprint density at radius 1 is 1.07 bits per heavy atom. The molecule has 0 saturated heterocycles. The van der Waals surface area contributed by atoms with Crippen molar-refractivity contribution >= 4 is 16.9 Å². The molecule has 0 spiro atoms. The number of hydrogen-bond acceptors (Lipinski definition) is 4. The number of para-hydroxylation sites is 2. The molecule has 0 aliphatic rings. The molecule has 0 bridgehead atoms. The average molecular weight is 360 g/mol. The Balaban J connectivity index is 1.61. The fourth-order valence-corrected chi connectivity index (χ4v) is 3.00. The number of amides is 1. The first kappa shape index (κ1) is 17.0. The summed E-state index contributed by atoms with van der Waals surface area (Å²) in [7, 11) is 1.75. The minimum absolute atomic E-state index is 0.192. The maximum atomic E-state index is 13.0. The van der Waals surface area contributed by atoms with Gasteiger partial charge in [0.25, 0.3) is 5.91 Å². The van der Waals surface area contributed by atoms with Crippen LogP contribution in [0, 0.1) is 6.92 Å². The van der Waals surface area contributed by atoms with Gasteiger partial charge in [-0.05, 0) is 38.1 Å². The van der Waals surface area contributed by atoms with E-state index in [-0.39, 0.29) is 11.9 Å². The number of aromatic nitrogens is 3. The van der Waals surface area contributed by atoms with Crippen LogP contribution in [0.5, 0.6) is 0 Å². The molecule has 2 heterocycles. The maximum absolute atomic E-state index is 13.0. The number of fused-ring (bicyclic) bond motifs is 1. The van der Waals surface area contributed by atoms with Crippen molar-refractivity contribution in [1.29, 1.82) is 0 Å². The van der Waals surface area contributed by atoms with E-state index >= 15 is 0 Å². The predicted molar refractivity (Wildman–Crippen MR) is 103 cm³/mol. The van der Waals surface area contributed by atoms with E-state index in [2.05, 4.69) is 10.2 Å². The lowest BCUT2D eigenvalue weighted by Crippen LogP contribution is -2.30. The molecule has 6 nitrogen and oxygen atoms in total. The van der Waals surface area contributed by atoms with Gasteiger partial charge in [-0.2, -0.15) is 9.90 Å². The molecule has 136 valence electrons. The van der Waals surface area contributed by atoms with Crippen LogP contribution in [-0.4, -0.2) is 32.8 Å². The largest absolute Gasteiger partial charge is 0.459 e. The van der Waals surface area contributed by atoms with Crippen molar-refractivity contribution in [3.8, 4) is 5.69 Å². The lowest BCUT2D eigenvalue weighted by atomic mass is 10.2. The van der Waals surface area contributed by atoms with Gasteiger partial charge in [0, 0.05) is 12.4 Å². The van der Waals surface area contributed by atoms with E-state index in [1.54, 1.807) is 18.9 Å². The van der Waals surface area contributed by atoms with E-state index in [9.17, 15) is 4.79 Å². The summed E-state index contributed by atoms with van der Waals surface area (Å²) >= 11 is 0. The van der Waals surface area contributed by atoms with Gasteiger partial charge < -0.3 is 9.32 Å². The van der Waals surface area contributed by atoms with Crippen molar-refractivity contribution in [2.45, 2.75) is 19.9 Å². The molecule has 2 aromatic carbocycles. The Labute approximate surface area is 157 Å². The fraction of sp³-hybridized carbons (Fsp3) is 0.190. The Kier molecular flexibility index (Phi) is 4.24. The highest BCUT2D eigenvalue weighted by atomic mass is 16.3. The summed E-state index contributed by atoms with van der Waals surface area (Å²) in [6.07, 6.45) is 0. The molecule has 1 amide bonds. The van der Waals surface area contributed by atoms with E-state index in [4.69, 9.17) is 4.42 Å². The summed E-state index contributed by atoms with van der Waals surface area (Å²) in [5.74, 6) is 0.544. The predicted octanol–water partition coefficient (Wildman–Crippen LogP) is 4.16. The molecule has 0 N–H and O–H groups in total. The third-order valence-corrected chi connectivity index (χ3v) is 4.73. The molecule has 0 saturated carbocycles. The standard InChI is InChI=1S/C21H20N4O2/c1-14-20(23-25(22-14)17-10-5-4-6-11-17)21(26)24(3)15(2)19-13-16-9-7-8-12-18(16)27-19/h4-13,15H,1-3H3. The van der Waals surface area contributed by atoms with Gasteiger partial charge in [-0.1, -0.05) is 36.4 Å². The van der Waals surface area contributed by atoms with Crippen molar-refractivity contribution in [3.63, 3.8) is 0 Å². The summed E-state index contributed by atoms with van der Waals surface area (Å²) < 4.78 is 5.91. The molecule has 4 aromatic rings. The highest BCUT2D eigenvalue weighted by Gasteiger charge is 2.26. The number of hydrogen-bond donors (Lipinski definition) is 0. The van der Waals surface area contributed by atoms with E-state index in [0.717, 1.165) is 22.4 Å². The van der Waals surface area contributed by atoms with Crippen molar-refractivity contribution in [1.82, 2.24) is 19.9 Å². The first-order valence-electron chi connectivity index (χ1n) is 8.79. The molecule has 1 atom stereocenters. The first-order valence-corrected chi connectivity index (χ1v) is 8.79. The van der Waals surface area contributed by atoms with Crippen molar-refractivity contribution in [3.05, 3.63) is 77.8 Å². The second kappa shape index (κ2) is 6.72. The van der Waals surface area contributed by atoms with Crippen molar-refractivity contribution in [2.75, 3.05) is 7.05 Å². The van der Waals surface area contributed by atoms with Gasteiger partial charge in [0.2, 0.25) is 0 Å². The van der Waals surface area contributed by atoms with E-state index < -0.39 is 0 Å². The second-order valence-corrected chi connectivity index (χ2v) is 6.54. The number of carbonyl (C=O) groups excluding carboxylic acids is 1. The zero-order chi connectivity index (χ0) is 19.0. The highest BCUT2D eigenvalue weighted by molar-refractivity contribution is 5.93. The van der Waals surface area contributed by atoms with Crippen LogP contribution in [0.4, 0.5) is 0 Å². The Bertz CT molecular complexity index is 1060. The van der Waals surface area contributed by atoms with Crippen LogP contribution in [0.25, 0.3) is 16.7 Å². The molecule has 2 aromatic heterocycles. The molecule has 27 heavy (non-hydrogen) atoms. The molecular weight excluding hydrogens is 340 g/mol. The summed E-state index contributed by atoms with van der Waals surface area (Å²) in [6.45, 7) is 3.73. The number of rotatable bonds is 4. The third-order valence-electron chi connectivity index (χ3n) is 4.73. The first-order chi connectivity index (χ1) is 13.0. The van der Waals surface area contributed by atoms with Gasteiger partial charge in [0.1, 0.15) is 11.3 Å². The number of nitrogens with zero attached hydrogens (tertiary/aromatic N) is 4. The van der Waals surface area contributed by atoms with Gasteiger partial charge in [0.05, 0.1) is 17.4 Å². The number of carbonyl (C=O) groups is 1. The molecule has 0 aliphatic carbocycles. The number of benzene rings is 2. The average Bonchev–Trinajstić information content (AvgIpc) is 3.30. The quantitative estimate of drug-likeness (QED) is 0.548. The minimum Gasteiger partial charge on any atom is -0.459 e. The SMILES string of the molecule is Cc1nn(-c2ccccc2)nc1C(=O)N(C)C(C)c1cc2ccccc2o1. The fourth-order valence-electron chi connectivity index (χ4n) is 3.00. The van der Waals surface area contributed by atoms with Crippen LogP contribution in [0.3, 0.4) is 0 Å². The van der Waals surface area contributed by atoms with E-state index in [1.807, 2.05) is 67.6 Å². The topological polar surface area (TPSA) is 64.2 Å². The second-order valence-electron chi connectivity index (χ2n) is 6.54. The lowest BCUT2D eigenvalue weighted by Gasteiger charge is -2.22. The Morgan fingerprint density at radius 2 is 1.78 bits per heavy atom. The van der Waals surface area contributed by atoms with Crippen LogP contribution in [0.2, 0.25) is 0 Å². The molecule has 4 rings (SSSR count). The Hall–Kier alpha value is -3.41. The van der Waals surface area contributed by atoms with Crippen LogP contribution in [-0.2, 0) is 0 Å². The molecule has 0 aliphatic heterocycles. The van der Waals surface area contributed by atoms with E-state index in [0.29, 0.717) is 11.4 Å². The summed E-state index contributed by atoms with van der Waals surface area (Å²) in [5.41, 5.74) is 2.55. The molecular formula is C21H20N4O2. The molecule has 0 fully saturated rings. The zero-order valence-corrected chi connectivity index (χ0v) is 15.5. The molecule has 6 heteroatoms. The van der Waals surface area contributed by atoms with E-state index in [1.165, 1.54) is 4.80 Å². The summed E-state index contributed by atoms with van der Waals surface area (Å²) in [5, 5.41) is 9.81. The molecule has 1 unspecified atom stereocenters. The smallest absolute Gasteiger partial charge is 0.276 e. The van der Waals surface area contributed by atoms with Crippen LogP contribution < -0.4 is 0 Å². The monoisotopic (exact) mass is 360 g/mol. The summed E-state index contributed by atoms with van der Waals surface area (Å²) in [4.78, 5) is 16.1. The van der Waals surface area contributed by atoms with Crippen LogP contribution in [0.15, 0.2) is 65.1 Å². The van der Waals surface area contributed by atoms with Gasteiger partial charge >= 0.3 is 0 Å².